The van der Waals surface area contributed by atoms with Gasteiger partial charge in [-0.2, -0.15) is 0 Å². The lowest BCUT2D eigenvalue weighted by Gasteiger charge is -2.32. The largest absolute Gasteiger partial charge is 0.300 e. The Labute approximate surface area is 62.6 Å². The second-order valence-electron chi connectivity index (χ2n) is 3.64. The van der Waals surface area contributed by atoms with E-state index in [0.29, 0.717) is 0 Å². The van der Waals surface area contributed by atoms with Crippen molar-refractivity contribution in [1.29, 1.82) is 0 Å². The highest BCUT2D eigenvalue weighted by molar-refractivity contribution is 4.83. The Morgan fingerprint density at radius 3 is 3.20 bits per heavy atom. The molecule has 1 N–H and O–H groups in total. The molecule has 0 radical (unpaired) electrons. The maximum atomic E-state index is 3.51. The van der Waals surface area contributed by atoms with Crippen molar-refractivity contribution in [3.05, 3.63) is 0 Å². The first kappa shape index (κ1) is 6.62. The Kier molecular flexibility index (Phi) is 1.66. The summed E-state index contributed by atoms with van der Waals surface area (Å²) in [6.45, 7) is 6.16. The number of piperidine rings is 1. The van der Waals surface area contributed by atoms with Crippen LogP contribution in [-0.4, -0.2) is 30.7 Å². The van der Waals surface area contributed by atoms with Gasteiger partial charge in [-0.1, -0.05) is 6.92 Å². The molecule has 2 unspecified atom stereocenters. The maximum Gasteiger partial charge on any atom is 0.0600 e. The first-order valence-corrected chi connectivity index (χ1v) is 4.33. The molecular weight excluding hydrogens is 124 g/mol. The van der Waals surface area contributed by atoms with E-state index in [1.54, 1.807) is 0 Å². The number of rotatable bonds is 0. The minimum Gasteiger partial charge on any atom is -0.300 e. The number of nitrogens with zero attached hydrogens (tertiary/aromatic N) is 1. The summed E-state index contributed by atoms with van der Waals surface area (Å²) in [4.78, 5) is 2.57. The molecule has 0 spiro atoms. The van der Waals surface area contributed by atoms with Crippen LogP contribution < -0.4 is 5.32 Å². The Morgan fingerprint density at radius 2 is 2.30 bits per heavy atom. The Morgan fingerprint density at radius 1 is 1.40 bits per heavy atom. The lowest BCUT2D eigenvalue weighted by molar-refractivity contribution is 0.149. The number of hydrogen-bond donors (Lipinski definition) is 1. The highest BCUT2D eigenvalue weighted by Gasteiger charge is 2.28. The molecule has 10 heavy (non-hydrogen) atoms. The van der Waals surface area contributed by atoms with Gasteiger partial charge in [0.25, 0.3) is 0 Å². The van der Waals surface area contributed by atoms with Crippen LogP contribution in [0.2, 0.25) is 0 Å². The average molecular weight is 140 g/mol. The summed E-state index contributed by atoms with van der Waals surface area (Å²) in [6, 6.07) is 0. The molecule has 0 aromatic carbocycles. The molecule has 2 atom stereocenters. The molecular formula is C8H16N2. The standard InChI is InChI=1S/C8H16N2/c1-7-2-4-10-5-3-9-8(10)6-7/h7-9H,2-6H2,1H3. The Hall–Kier alpha value is -0.0800. The second-order valence-corrected chi connectivity index (χ2v) is 3.64. The predicted octanol–water partition coefficient (Wildman–Crippen LogP) is 0.648. The molecule has 2 aliphatic rings. The summed E-state index contributed by atoms with van der Waals surface area (Å²) in [5, 5.41) is 3.51. The monoisotopic (exact) mass is 140 g/mol. The van der Waals surface area contributed by atoms with E-state index < -0.39 is 0 Å². The topological polar surface area (TPSA) is 15.3 Å². The summed E-state index contributed by atoms with van der Waals surface area (Å²) < 4.78 is 0. The van der Waals surface area contributed by atoms with Crippen LogP contribution in [0.4, 0.5) is 0 Å². The van der Waals surface area contributed by atoms with Gasteiger partial charge in [-0.25, -0.2) is 0 Å². The molecule has 0 saturated carbocycles. The van der Waals surface area contributed by atoms with Gasteiger partial charge in [0.2, 0.25) is 0 Å². The Bertz CT molecular complexity index is 124. The minimum absolute atomic E-state index is 0.726. The van der Waals surface area contributed by atoms with Gasteiger partial charge < -0.3 is 5.32 Å². The minimum atomic E-state index is 0.726. The van der Waals surface area contributed by atoms with Gasteiger partial charge in [-0.15, -0.1) is 0 Å². The van der Waals surface area contributed by atoms with E-state index in [4.69, 9.17) is 0 Å². The van der Waals surface area contributed by atoms with Crippen molar-refractivity contribution in [2.45, 2.75) is 25.9 Å². The quantitative estimate of drug-likeness (QED) is 0.531. The fraction of sp³-hybridized carbons (Fsp3) is 1.00. The molecule has 2 nitrogen and oxygen atoms in total. The van der Waals surface area contributed by atoms with E-state index in [2.05, 4.69) is 17.1 Å². The van der Waals surface area contributed by atoms with Crippen LogP contribution in [0.5, 0.6) is 0 Å². The smallest absolute Gasteiger partial charge is 0.0600 e. The molecule has 0 aliphatic carbocycles. The molecule has 2 heterocycles. The Balaban J connectivity index is 1.96. The number of fused-ring (bicyclic) bond motifs is 1. The van der Waals surface area contributed by atoms with E-state index in [0.717, 1.165) is 12.1 Å². The van der Waals surface area contributed by atoms with Crippen LogP contribution in [0.25, 0.3) is 0 Å². The molecule has 2 rings (SSSR count). The fourth-order valence-corrected chi connectivity index (χ4v) is 2.04. The van der Waals surface area contributed by atoms with Crippen LogP contribution in [0.1, 0.15) is 19.8 Å². The van der Waals surface area contributed by atoms with Gasteiger partial charge in [-0.05, 0) is 25.3 Å². The zero-order valence-electron chi connectivity index (χ0n) is 6.64. The van der Waals surface area contributed by atoms with E-state index in [1.165, 1.54) is 32.5 Å². The lowest BCUT2D eigenvalue weighted by Crippen LogP contribution is -2.42. The summed E-state index contributed by atoms with van der Waals surface area (Å²) in [6.07, 6.45) is 3.49. The van der Waals surface area contributed by atoms with Crippen molar-refractivity contribution < 1.29 is 0 Å². The molecule has 2 heteroatoms. The highest BCUT2D eigenvalue weighted by Crippen LogP contribution is 2.22. The molecule has 58 valence electrons. The SMILES string of the molecule is CC1CCN2CCNC2C1. The normalized spacial score (nSPS) is 41.7. The molecule has 2 aliphatic heterocycles. The number of hydrogen-bond acceptors (Lipinski definition) is 2. The summed E-state index contributed by atoms with van der Waals surface area (Å²) in [7, 11) is 0. The van der Waals surface area contributed by atoms with Crippen LogP contribution in [0.15, 0.2) is 0 Å². The predicted molar refractivity (Wildman–Crippen MR) is 41.8 cm³/mol. The van der Waals surface area contributed by atoms with Gasteiger partial charge >= 0.3 is 0 Å². The molecule has 0 bridgehead atoms. The van der Waals surface area contributed by atoms with Crippen molar-refractivity contribution in [3.8, 4) is 0 Å². The second kappa shape index (κ2) is 2.51. The first-order valence-electron chi connectivity index (χ1n) is 4.33. The molecule has 0 aromatic rings. The van der Waals surface area contributed by atoms with Crippen LogP contribution >= 0.6 is 0 Å². The molecule has 2 saturated heterocycles. The highest BCUT2D eigenvalue weighted by atomic mass is 15.3. The van der Waals surface area contributed by atoms with Crippen LogP contribution in [0, 0.1) is 5.92 Å². The van der Waals surface area contributed by atoms with Crippen molar-refractivity contribution in [2.24, 2.45) is 5.92 Å². The maximum absolute atomic E-state index is 3.51. The van der Waals surface area contributed by atoms with Crippen molar-refractivity contribution in [2.75, 3.05) is 19.6 Å². The van der Waals surface area contributed by atoms with Gasteiger partial charge in [0.1, 0.15) is 0 Å². The third kappa shape index (κ3) is 1.06. The van der Waals surface area contributed by atoms with Gasteiger partial charge in [-0.3, -0.25) is 4.90 Å². The molecule has 0 amide bonds. The zero-order valence-corrected chi connectivity index (χ0v) is 6.64. The lowest BCUT2D eigenvalue weighted by atomic mass is 9.97. The summed E-state index contributed by atoms with van der Waals surface area (Å²) in [5.74, 6) is 0.937. The summed E-state index contributed by atoms with van der Waals surface area (Å²) in [5.41, 5.74) is 0. The van der Waals surface area contributed by atoms with Crippen molar-refractivity contribution in [1.82, 2.24) is 10.2 Å². The van der Waals surface area contributed by atoms with Crippen molar-refractivity contribution in [3.63, 3.8) is 0 Å². The molecule has 0 aromatic heterocycles. The van der Waals surface area contributed by atoms with Crippen LogP contribution in [0.3, 0.4) is 0 Å². The van der Waals surface area contributed by atoms with Crippen LogP contribution in [-0.2, 0) is 0 Å². The van der Waals surface area contributed by atoms with Gasteiger partial charge in [0.05, 0.1) is 6.17 Å². The summed E-state index contributed by atoms with van der Waals surface area (Å²) >= 11 is 0. The van der Waals surface area contributed by atoms with Gasteiger partial charge in [0.15, 0.2) is 0 Å². The average Bonchev–Trinajstić information content (AvgIpc) is 2.33. The third-order valence-corrected chi connectivity index (χ3v) is 2.75. The van der Waals surface area contributed by atoms with E-state index in [9.17, 15) is 0 Å². The van der Waals surface area contributed by atoms with E-state index >= 15 is 0 Å². The molecule has 2 fully saturated rings. The fourth-order valence-electron chi connectivity index (χ4n) is 2.04. The van der Waals surface area contributed by atoms with Gasteiger partial charge in [0, 0.05) is 13.1 Å². The zero-order chi connectivity index (χ0) is 6.97. The number of nitrogens with one attached hydrogen (secondary N) is 1. The van der Waals surface area contributed by atoms with Crippen molar-refractivity contribution >= 4 is 0 Å². The van der Waals surface area contributed by atoms with E-state index in [-0.39, 0.29) is 0 Å². The first-order chi connectivity index (χ1) is 4.86. The third-order valence-electron chi connectivity index (χ3n) is 2.75. The van der Waals surface area contributed by atoms with E-state index in [1.807, 2.05) is 0 Å².